The predicted octanol–water partition coefficient (Wildman–Crippen LogP) is 4.04. The first kappa shape index (κ1) is 17.9. The SMILES string of the molecule is CCCNc1ncc(CN2CCCC[C@@H]2c2nc3ccc(F)cc3[nH]2)cn1. The van der Waals surface area contributed by atoms with E-state index >= 15 is 0 Å². The lowest BCUT2D eigenvalue weighted by atomic mass is 10.0. The first-order valence-electron chi connectivity index (χ1n) is 9.67. The number of piperidine rings is 1. The third kappa shape index (κ3) is 4.08. The molecule has 0 saturated carbocycles. The zero-order valence-electron chi connectivity index (χ0n) is 15.6. The fraction of sp³-hybridized carbons (Fsp3) is 0.450. The number of nitrogens with one attached hydrogen (secondary N) is 2. The summed E-state index contributed by atoms with van der Waals surface area (Å²) >= 11 is 0. The van der Waals surface area contributed by atoms with Crippen molar-refractivity contribution in [3.05, 3.63) is 47.8 Å². The number of rotatable bonds is 6. The van der Waals surface area contributed by atoms with Gasteiger partial charge in [0.05, 0.1) is 17.1 Å². The molecule has 1 atom stereocenters. The van der Waals surface area contributed by atoms with Gasteiger partial charge in [-0.1, -0.05) is 13.3 Å². The largest absolute Gasteiger partial charge is 0.354 e. The highest BCUT2D eigenvalue weighted by Gasteiger charge is 2.26. The summed E-state index contributed by atoms with van der Waals surface area (Å²) in [6.07, 6.45) is 8.21. The van der Waals surface area contributed by atoms with E-state index in [4.69, 9.17) is 4.98 Å². The van der Waals surface area contributed by atoms with Crippen LogP contribution in [0.5, 0.6) is 0 Å². The van der Waals surface area contributed by atoms with Gasteiger partial charge < -0.3 is 10.3 Å². The van der Waals surface area contributed by atoms with Gasteiger partial charge in [-0.15, -0.1) is 0 Å². The number of benzene rings is 1. The predicted molar refractivity (Wildman–Crippen MR) is 104 cm³/mol. The molecule has 1 aromatic carbocycles. The number of imidazole rings is 1. The van der Waals surface area contributed by atoms with Gasteiger partial charge in [0.15, 0.2) is 0 Å². The van der Waals surface area contributed by atoms with E-state index in [0.717, 1.165) is 54.9 Å². The van der Waals surface area contributed by atoms with Crippen LogP contribution in [0.25, 0.3) is 11.0 Å². The number of hydrogen-bond donors (Lipinski definition) is 2. The van der Waals surface area contributed by atoms with Gasteiger partial charge >= 0.3 is 0 Å². The molecule has 7 heteroatoms. The van der Waals surface area contributed by atoms with Crippen molar-refractivity contribution >= 4 is 17.0 Å². The highest BCUT2D eigenvalue weighted by molar-refractivity contribution is 5.75. The Morgan fingerprint density at radius 3 is 2.93 bits per heavy atom. The van der Waals surface area contributed by atoms with E-state index in [9.17, 15) is 4.39 Å². The molecule has 4 rings (SSSR count). The second-order valence-electron chi connectivity index (χ2n) is 7.11. The van der Waals surface area contributed by atoms with Crippen LogP contribution in [0.15, 0.2) is 30.6 Å². The average molecular weight is 368 g/mol. The van der Waals surface area contributed by atoms with Crippen molar-refractivity contribution in [2.24, 2.45) is 0 Å². The average Bonchev–Trinajstić information content (AvgIpc) is 3.11. The Morgan fingerprint density at radius 1 is 1.26 bits per heavy atom. The number of anilines is 1. The molecule has 0 radical (unpaired) electrons. The monoisotopic (exact) mass is 368 g/mol. The Kier molecular flexibility index (Phi) is 5.29. The summed E-state index contributed by atoms with van der Waals surface area (Å²) < 4.78 is 13.5. The molecule has 3 aromatic rings. The molecule has 142 valence electrons. The molecule has 2 N–H and O–H groups in total. The molecule has 1 aliphatic heterocycles. The molecule has 0 spiro atoms. The van der Waals surface area contributed by atoms with Crippen molar-refractivity contribution in [3.63, 3.8) is 0 Å². The fourth-order valence-corrected chi connectivity index (χ4v) is 3.65. The van der Waals surface area contributed by atoms with Crippen molar-refractivity contribution in [2.75, 3.05) is 18.4 Å². The van der Waals surface area contributed by atoms with Crippen LogP contribution in [0.2, 0.25) is 0 Å². The number of likely N-dealkylation sites (tertiary alicyclic amines) is 1. The highest BCUT2D eigenvalue weighted by Crippen LogP contribution is 2.31. The fourth-order valence-electron chi connectivity index (χ4n) is 3.65. The Balaban J connectivity index is 1.51. The Labute approximate surface area is 158 Å². The maximum atomic E-state index is 13.5. The minimum Gasteiger partial charge on any atom is -0.354 e. The van der Waals surface area contributed by atoms with E-state index in [1.54, 1.807) is 6.07 Å². The summed E-state index contributed by atoms with van der Waals surface area (Å²) in [5.74, 6) is 1.35. The molecule has 0 unspecified atom stereocenters. The van der Waals surface area contributed by atoms with Gasteiger partial charge in [-0.2, -0.15) is 0 Å². The van der Waals surface area contributed by atoms with E-state index in [2.05, 4.69) is 32.1 Å². The van der Waals surface area contributed by atoms with Gasteiger partial charge in [0.25, 0.3) is 0 Å². The van der Waals surface area contributed by atoms with Gasteiger partial charge in [0.2, 0.25) is 5.95 Å². The second kappa shape index (κ2) is 8.00. The molecule has 6 nitrogen and oxygen atoms in total. The van der Waals surface area contributed by atoms with Crippen LogP contribution in [0.4, 0.5) is 10.3 Å². The summed E-state index contributed by atoms with van der Waals surface area (Å²) in [6, 6.07) is 4.90. The number of fused-ring (bicyclic) bond motifs is 1. The minimum absolute atomic E-state index is 0.201. The van der Waals surface area contributed by atoms with Gasteiger partial charge in [-0.25, -0.2) is 19.3 Å². The van der Waals surface area contributed by atoms with E-state index in [1.165, 1.54) is 25.0 Å². The Hall–Kier alpha value is -2.54. The molecule has 1 aliphatic rings. The smallest absolute Gasteiger partial charge is 0.222 e. The molecule has 0 bridgehead atoms. The first-order chi connectivity index (χ1) is 13.2. The van der Waals surface area contributed by atoms with E-state index < -0.39 is 0 Å². The number of H-pyrrole nitrogens is 1. The van der Waals surface area contributed by atoms with Crippen LogP contribution >= 0.6 is 0 Å². The lowest BCUT2D eigenvalue weighted by Gasteiger charge is -2.34. The second-order valence-corrected chi connectivity index (χ2v) is 7.11. The minimum atomic E-state index is -0.243. The lowest BCUT2D eigenvalue weighted by molar-refractivity contribution is 0.134. The standard InChI is InChI=1S/C20H25FN6/c1-2-8-22-20-23-11-14(12-24-20)13-27-9-4-3-5-18(27)19-25-16-7-6-15(21)10-17(16)26-19/h6-7,10-12,18H,2-5,8-9,13H2,1H3,(H,25,26)(H,22,23,24)/t18-/m1/s1. The number of aromatic amines is 1. The molecule has 1 fully saturated rings. The van der Waals surface area contributed by atoms with Crippen LogP contribution in [0.1, 0.15) is 50.0 Å². The normalized spacial score (nSPS) is 18.1. The molecule has 1 saturated heterocycles. The summed E-state index contributed by atoms with van der Waals surface area (Å²) in [5, 5.41) is 3.20. The quantitative estimate of drug-likeness (QED) is 0.687. The molecule has 2 aromatic heterocycles. The lowest BCUT2D eigenvalue weighted by Crippen LogP contribution is -2.33. The van der Waals surface area contributed by atoms with Gasteiger partial charge in [0.1, 0.15) is 11.6 Å². The van der Waals surface area contributed by atoms with Crippen molar-refractivity contribution in [1.29, 1.82) is 0 Å². The van der Waals surface area contributed by atoms with E-state index in [1.807, 2.05) is 12.4 Å². The van der Waals surface area contributed by atoms with E-state index in [0.29, 0.717) is 5.95 Å². The van der Waals surface area contributed by atoms with Crippen molar-refractivity contribution in [3.8, 4) is 0 Å². The van der Waals surface area contributed by atoms with Gasteiger partial charge in [-0.3, -0.25) is 4.90 Å². The number of aromatic nitrogens is 4. The van der Waals surface area contributed by atoms with E-state index in [-0.39, 0.29) is 11.9 Å². The molecule has 27 heavy (non-hydrogen) atoms. The van der Waals surface area contributed by atoms with Crippen molar-refractivity contribution in [2.45, 2.75) is 45.2 Å². The van der Waals surface area contributed by atoms with Crippen LogP contribution < -0.4 is 5.32 Å². The zero-order chi connectivity index (χ0) is 18.6. The van der Waals surface area contributed by atoms with Gasteiger partial charge in [-0.05, 0) is 44.0 Å². The topological polar surface area (TPSA) is 69.7 Å². The first-order valence-corrected chi connectivity index (χ1v) is 9.67. The highest BCUT2D eigenvalue weighted by atomic mass is 19.1. The Bertz CT molecular complexity index is 891. The molecule has 0 aliphatic carbocycles. The maximum Gasteiger partial charge on any atom is 0.222 e. The molecular formula is C20H25FN6. The third-order valence-corrected chi connectivity index (χ3v) is 5.02. The van der Waals surface area contributed by atoms with Gasteiger partial charge in [0, 0.05) is 31.0 Å². The maximum absolute atomic E-state index is 13.5. The summed E-state index contributed by atoms with van der Waals surface area (Å²) in [7, 11) is 0. The molecular weight excluding hydrogens is 343 g/mol. The summed E-state index contributed by atoms with van der Waals surface area (Å²) in [4.78, 5) is 19.3. The van der Waals surface area contributed by atoms with Crippen LogP contribution in [0, 0.1) is 5.82 Å². The molecule has 0 amide bonds. The van der Waals surface area contributed by atoms with Crippen LogP contribution in [-0.4, -0.2) is 37.9 Å². The zero-order valence-corrected chi connectivity index (χ0v) is 15.6. The number of hydrogen-bond acceptors (Lipinski definition) is 5. The number of halogens is 1. The number of nitrogens with zero attached hydrogens (tertiary/aromatic N) is 4. The summed E-state index contributed by atoms with van der Waals surface area (Å²) in [5.41, 5.74) is 2.66. The summed E-state index contributed by atoms with van der Waals surface area (Å²) in [6.45, 7) is 4.78. The van der Waals surface area contributed by atoms with Crippen LogP contribution in [0.3, 0.4) is 0 Å². The molecule has 3 heterocycles. The van der Waals surface area contributed by atoms with Crippen molar-refractivity contribution in [1.82, 2.24) is 24.8 Å². The third-order valence-electron chi connectivity index (χ3n) is 5.02. The van der Waals surface area contributed by atoms with Crippen LogP contribution in [-0.2, 0) is 6.54 Å². The Morgan fingerprint density at radius 2 is 2.11 bits per heavy atom. The van der Waals surface area contributed by atoms with Crippen molar-refractivity contribution < 1.29 is 4.39 Å².